The molecule has 0 radical (unpaired) electrons. The van der Waals surface area contributed by atoms with Crippen LogP contribution in [0, 0.1) is 0 Å². The second kappa shape index (κ2) is 11.2. The number of piperidine rings is 1. The average Bonchev–Trinajstić information content (AvgIpc) is 3.70. The van der Waals surface area contributed by atoms with Crippen LogP contribution < -0.4 is 4.90 Å². The summed E-state index contributed by atoms with van der Waals surface area (Å²) in [6.45, 7) is 0.418. The molecule has 210 valence electrons. The summed E-state index contributed by atoms with van der Waals surface area (Å²) in [5.74, 6) is -2.35. The topological polar surface area (TPSA) is 149 Å². The number of thiophene rings is 2. The lowest BCUT2D eigenvalue weighted by Gasteiger charge is -2.38. The molecule has 0 spiro atoms. The maximum atomic E-state index is 13.4. The van der Waals surface area contributed by atoms with E-state index in [0.717, 1.165) is 18.2 Å². The Bertz CT molecular complexity index is 1460. The van der Waals surface area contributed by atoms with E-state index >= 15 is 0 Å². The Morgan fingerprint density at radius 2 is 2.03 bits per heavy atom. The molecule has 2 aliphatic rings. The van der Waals surface area contributed by atoms with Crippen molar-refractivity contribution >= 4 is 62.3 Å². The number of anilines is 1. The van der Waals surface area contributed by atoms with Gasteiger partial charge < -0.3 is 15.1 Å². The summed E-state index contributed by atoms with van der Waals surface area (Å²) in [5, 5.41) is 26.3. The zero-order valence-corrected chi connectivity index (χ0v) is 24.1. The zero-order chi connectivity index (χ0) is 27.9. The summed E-state index contributed by atoms with van der Waals surface area (Å²) < 4.78 is 30.7. The van der Waals surface area contributed by atoms with Crippen molar-refractivity contribution in [2.24, 2.45) is 0 Å². The monoisotopic (exact) mass is 614 g/mol. The standard InChI is InChI=1S/C23H27ClN6O6S3/c1-27(13-15-6-7-18(24)38-15)23-25-20(26-30(23)21(32)17-5-3-11-37-17)16-4-2-9-29(19(16)22(33)34)39(35,36)28-10-8-14(31)12-28/h3,5-7,11,14,16,19,31H,2,4,8-10,12-13H2,1H3,(H,33,34). The van der Waals surface area contributed by atoms with E-state index in [2.05, 4.69) is 10.1 Å². The fraction of sp³-hybridized carbons (Fsp3) is 0.478. The van der Waals surface area contributed by atoms with Gasteiger partial charge >= 0.3 is 5.97 Å². The lowest BCUT2D eigenvalue weighted by atomic mass is 9.90. The molecule has 3 unspecified atom stereocenters. The van der Waals surface area contributed by atoms with E-state index in [1.165, 1.54) is 22.7 Å². The van der Waals surface area contributed by atoms with Crippen molar-refractivity contribution in [2.75, 3.05) is 31.6 Å². The minimum absolute atomic E-state index is 0.0170. The Morgan fingerprint density at radius 3 is 2.64 bits per heavy atom. The molecule has 12 nitrogen and oxygen atoms in total. The number of carboxylic acid groups (broad SMARTS) is 1. The summed E-state index contributed by atoms with van der Waals surface area (Å²) in [5.41, 5.74) is 0. The van der Waals surface area contributed by atoms with Crippen LogP contribution in [0.4, 0.5) is 5.95 Å². The van der Waals surface area contributed by atoms with Gasteiger partial charge in [0.15, 0.2) is 5.82 Å². The van der Waals surface area contributed by atoms with E-state index in [-0.39, 0.29) is 37.8 Å². The van der Waals surface area contributed by atoms with Gasteiger partial charge in [-0.2, -0.15) is 26.7 Å². The molecule has 2 aliphatic heterocycles. The Morgan fingerprint density at radius 1 is 1.23 bits per heavy atom. The SMILES string of the molecule is CN(Cc1ccc(Cl)s1)c1nc(C2CCCN(S(=O)(=O)N3CCC(O)C3)C2C(=O)O)nn1C(=O)c1cccs1. The first-order chi connectivity index (χ1) is 18.6. The third-order valence-corrected chi connectivity index (χ3v) is 10.9. The molecule has 0 amide bonds. The Kier molecular flexibility index (Phi) is 8.10. The van der Waals surface area contributed by atoms with Crippen molar-refractivity contribution in [3.05, 3.63) is 49.6 Å². The summed E-state index contributed by atoms with van der Waals surface area (Å²) in [6, 6.07) is 5.58. The molecule has 3 aromatic heterocycles. The minimum atomic E-state index is -4.16. The first-order valence-electron chi connectivity index (χ1n) is 12.2. The number of hydrogen-bond acceptors (Lipinski definition) is 10. The molecule has 3 aromatic rings. The number of aliphatic hydroxyl groups is 1. The molecule has 16 heteroatoms. The number of carbonyl (C=O) groups excluding carboxylic acids is 1. The summed E-state index contributed by atoms with van der Waals surface area (Å²) in [7, 11) is -2.42. The third kappa shape index (κ3) is 5.62. The molecular formula is C23H27ClN6O6S3. The molecule has 2 N–H and O–H groups in total. The van der Waals surface area contributed by atoms with Crippen LogP contribution in [0.5, 0.6) is 0 Å². The predicted molar refractivity (Wildman–Crippen MR) is 147 cm³/mol. The van der Waals surface area contributed by atoms with Crippen LogP contribution in [0.15, 0.2) is 29.6 Å². The highest BCUT2D eigenvalue weighted by Gasteiger charge is 2.48. The number of β-amino-alcohol motifs (C(OH)–C–C–N with tert-alkyl or cyclic N) is 1. The molecule has 2 saturated heterocycles. The van der Waals surface area contributed by atoms with Gasteiger partial charge in [-0.3, -0.25) is 9.59 Å². The first-order valence-corrected chi connectivity index (χ1v) is 15.7. The third-order valence-electron chi connectivity index (χ3n) is 6.81. The van der Waals surface area contributed by atoms with Gasteiger partial charge in [0.1, 0.15) is 6.04 Å². The molecule has 0 saturated carbocycles. The Balaban J connectivity index is 1.52. The van der Waals surface area contributed by atoms with Gasteiger partial charge in [0.2, 0.25) is 5.95 Å². The molecule has 2 fully saturated rings. The van der Waals surface area contributed by atoms with Crippen LogP contribution in [0.3, 0.4) is 0 Å². The van der Waals surface area contributed by atoms with Crippen LogP contribution in [-0.2, 0) is 21.5 Å². The molecule has 0 aromatic carbocycles. The van der Waals surface area contributed by atoms with Gasteiger partial charge in [-0.1, -0.05) is 17.7 Å². The van der Waals surface area contributed by atoms with Gasteiger partial charge in [0, 0.05) is 37.5 Å². The Labute approximate surface area is 238 Å². The number of aliphatic carboxylic acids is 1. The minimum Gasteiger partial charge on any atom is -0.480 e. The number of aliphatic hydroxyl groups excluding tert-OH is 1. The van der Waals surface area contributed by atoms with Crippen molar-refractivity contribution in [3.63, 3.8) is 0 Å². The highest BCUT2D eigenvalue weighted by molar-refractivity contribution is 7.86. The van der Waals surface area contributed by atoms with Crippen molar-refractivity contribution in [2.45, 2.75) is 43.9 Å². The molecule has 5 rings (SSSR count). The fourth-order valence-electron chi connectivity index (χ4n) is 4.96. The van der Waals surface area contributed by atoms with Crippen LogP contribution >= 0.6 is 34.3 Å². The summed E-state index contributed by atoms with van der Waals surface area (Å²) in [6.07, 6.45) is 0.208. The molecule has 5 heterocycles. The van der Waals surface area contributed by atoms with Gasteiger partial charge in [0.05, 0.1) is 21.9 Å². The lowest BCUT2D eigenvalue weighted by Crippen LogP contribution is -2.55. The lowest BCUT2D eigenvalue weighted by molar-refractivity contribution is -0.143. The number of aromatic nitrogens is 3. The second-order valence-corrected chi connectivity index (χ2v) is 14.1. The first kappa shape index (κ1) is 28.1. The van der Waals surface area contributed by atoms with E-state index in [0.29, 0.717) is 28.6 Å². The molecule has 39 heavy (non-hydrogen) atoms. The van der Waals surface area contributed by atoms with E-state index < -0.39 is 40.1 Å². The maximum absolute atomic E-state index is 13.4. The van der Waals surface area contributed by atoms with Crippen molar-refractivity contribution in [1.29, 1.82) is 0 Å². The largest absolute Gasteiger partial charge is 0.480 e. The zero-order valence-electron chi connectivity index (χ0n) is 20.9. The molecule has 3 atom stereocenters. The smallest absolute Gasteiger partial charge is 0.322 e. The van der Waals surface area contributed by atoms with Crippen molar-refractivity contribution in [3.8, 4) is 0 Å². The van der Waals surface area contributed by atoms with Crippen molar-refractivity contribution in [1.82, 2.24) is 23.4 Å². The number of nitrogens with zero attached hydrogens (tertiary/aromatic N) is 6. The summed E-state index contributed by atoms with van der Waals surface area (Å²) in [4.78, 5) is 33.6. The van der Waals surface area contributed by atoms with Crippen LogP contribution in [0.25, 0.3) is 0 Å². The molecule has 0 aliphatic carbocycles. The van der Waals surface area contributed by atoms with Gasteiger partial charge in [0.25, 0.3) is 16.1 Å². The predicted octanol–water partition coefficient (Wildman–Crippen LogP) is 2.32. The fourth-order valence-corrected chi connectivity index (χ4v) is 8.63. The molecular weight excluding hydrogens is 588 g/mol. The number of rotatable bonds is 8. The number of carbonyl (C=O) groups is 2. The van der Waals surface area contributed by atoms with E-state index in [1.54, 1.807) is 35.5 Å². The normalized spacial score (nSPS) is 22.8. The van der Waals surface area contributed by atoms with Crippen LogP contribution in [-0.4, -0.2) is 92.7 Å². The van der Waals surface area contributed by atoms with Crippen LogP contribution in [0.1, 0.15) is 45.6 Å². The number of carboxylic acids is 1. The number of halogens is 1. The van der Waals surface area contributed by atoms with Gasteiger partial charge in [-0.05, 0) is 42.8 Å². The maximum Gasteiger partial charge on any atom is 0.322 e. The summed E-state index contributed by atoms with van der Waals surface area (Å²) >= 11 is 8.71. The van der Waals surface area contributed by atoms with E-state index in [1.807, 2.05) is 6.07 Å². The molecule has 0 bridgehead atoms. The average molecular weight is 615 g/mol. The number of hydrogen-bond donors (Lipinski definition) is 2. The highest BCUT2D eigenvalue weighted by atomic mass is 35.5. The highest BCUT2D eigenvalue weighted by Crippen LogP contribution is 2.36. The van der Waals surface area contributed by atoms with Crippen LogP contribution in [0.2, 0.25) is 4.34 Å². The van der Waals surface area contributed by atoms with Crippen molar-refractivity contribution < 1.29 is 28.2 Å². The van der Waals surface area contributed by atoms with E-state index in [9.17, 15) is 28.2 Å². The van der Waals surface area contributed by atoms with Gasteiger partial charge in [-0.25, -0.2) is 0 Å². The quantitative estimate of drug-likeness (QED) is 0.390. The Hall–Kier alpha value is -2.40. The van der Waals surface area contributed by atoms with Gasteiger partial charge in [-0.15, -0.1) is 27.8 Å². The van der Waals surface area contributed by atoms with E-state index in [4.69, 9.17) is 11.6 Å². The second-order valence-electron chi connectivity index (χ2n) is 9.48.